The summed E-state index contributed by atoms with van der Waals surface area (Å²) in [5, 5.41) is 4.20. The van der Waals surface area contributed by atoms with Gasteiger partial charge in [0.05, 0.1) is 0 Å². The lowest BCUT2D eigenvalue weighted by molar-refractivity contribution is 0.883. The van der Waals surface area contributed by atoms with Crippen molar-refractivity contribution in [2.45, 2.75) is 19.4 Å². The summed E-state index contributed by atoms with van der Waals surface area (Å²) in [7, 11) is -0.511. The van der Waals surface area contributed by atoms with Crippen molar-refractivity contribution in [2.75, 3.05) is 0 Å². The molecule has 1 nitrogen and oxygen atoms in total. The molecule has 106 valence electrons. The van der Waals surface area contributed by atoms with Crippen molar-refractivity contribution in [2.24, 2.45) is 5.73 Å². The van der Waals surface area contributed by atoms with Gasteiger partial charge in [0.25, 0.3) is 0 Å². The quantitative estimate of drug-likeness (QED) is 0.855. The molecule has 0 saturated heterocycles. The van der Waals surface area contributed by atoms with Gasteiger partial charge < -0.3 is 5.73 Å². The molecule has 2 aromatic carbocycles. The first kappa shape index (κ1) is 14.3. The van der Waals surface area contributed by atoms with E-state index in [2.05, 4.69) is 79.7 Å². The van der Waals surface area contributed by atoms with Gasteiger partial charge in [-0.3, -0.25) is 0 Å². The van der Waals surface area contributed by atoms with Crippen LogP contribution >= 0.6 is 7.92 Å². The summed E-state index contributed by atoms with van der Waals surface area (Å²) in [6.07, 6.45) is 5.64. The first-order valence-corrected chi connectivity index (χ1v) is 8.68. The summed E-state index contributed by atoms with van der Waals surface area (Å²) in [6, 6.07) is 21.7. The Morgan fingerprint density at radius 1 is 0.857 bits per heavy atom. The Morgan fingerprint density at radius 3 is 1.86 bits per heavy atom. The van der Waals surface area contributed by atoms with E-state index in [9.17, 15) is 0 Å². The molecule has 0 aliphatic heterocycles. The smallest absolute Gasteiger partial charge is 0.0269 e. The molecule has 0 unspecified atom stereocenters. The van der Waals surface area contributed by atoms with Crippen LogP contribution in [0, 0.1) is 0 Å². The van der Waals surface area contributed by atoms with Gasteiger partial charge in [-0.25, -0.2) is 0 Å². The van der Waals surface area contributed by atoms with E-state index < -0.39 is 7.92 Å². The Kier molecular flexibility index (Phi) is 4.34. The van der Waals surface area contributed by atoms with Gasteiger partial charge in [0, 0.05) is 6.04 Å². The molecule has 0 aromatic heterocycles. The minimum Gasteiger partial charge on any atom is -0.324 e. The third-order valence-corrected chi connectivity index (χ3v) is 6.26. The van der Waals surface area contributed by atoms with Gasteiger partial charge in [-0.2, -0.15) is 0 Å². The monoisotopic (exact) mass is 293 g/mol. The van der Waals surface area contributed by atoms with Gasteiger partial charge in [-0.15, -0.1) is 0 Å². The summed E-state index contributed by atoms with van der Waals surface area (Å²) in [6.45, 7) is 2.08. The molecule has 0 saturated carbocycles. The number of rotatable bonds is 4. The van der Waals surface area contributed by atoms with Crippen molar-refractivity contribution >= 4 is 18.5 Å². The van der Waals surface area contributed by atoms with E-state index in [1.807, 2.05) is 0 Å². The third kappa shape index (κ3) is 3.00. The van der Waals surface area contributed by atoms with Crippen molar-refractivity contribution in [3.63, 3.8) is 0 Å². The molecule has 0 bridgehead atoms. The number of benzene rings is 2. The number of hydrogen-bond acceptors (Lipinski definition) is 1. The summed E-state index contributed by atoms with van der Waals surface area (Å²) in [5.74, 6) is 0. The van der Waals surface area contributed by atoms with Crippen molar-refractivity contribution in [1.82, 2.24) is 0 Å². The lowest BCUT2D eigenvalue weighted by Crippen LogP contribution is -2.21. The predicted octanol–water partition coefficient (Wildman–Crippen LogP) is 3.68. The van der Waals surface area contributed by atoms with Crippen molar-refractivity contribution in [3.05, 3.63) is 83.7 Å². The molecule has 3 rings (SSSR count). The highest BCUT2D eigenvalue weighted by atomic mass is 31.1. The SMILES string of the molecule is C[C@@H](N)C1=CCC=C1P(c1ccccc1)c1ccccc1. The van der Waals surface area contributed by atoms with Gasteiger partial charge in [-0.05, 0) is 42.8 Å². The fraction of sp³-hybridized carbons (Fsp3) is 0.158. The second-order valence-electron chi connectivity index (χ2n) is 5.28. The zero-order valence-electron chi connectivity index (χ0n) is 12.2. The molecule has 21 heavy (non-hydrogen) atoms. The molecule has 0 fully saturated rings. The molecule has 2 N–H and O–H groups in total. The number of hydrogen-bond donors (Lipinski definition) is 1. The van der Waals surface area contributed by atoms with E-state index in [0.29, 0.717) is 0 Å². The largest absolute Gasteiger partial charge is 0.324 e. The summed E-state index contributed by atoms with van der Waals surface area (Å²) in [4.78, 5) is 0. The van der Waals surface area contributed by atoms with Crippen molar-refractivity contribution in [1.29, 1.82) is 0 Å². The van der Waals surface area contributed by atoms with Crippen LogP contribution in [0.15, 0.2) is 83.7 Å². The lowest BCUT2D eigenvalue weighted by atomic mass is 10.1. The normalized spacial score (nSPS) is 15.8. The number of allylic oxidation sites excluding steroid dienone is 2. The van der Waals surface area contributed by atoms with Crippen LogP contribution in [0.5, 0.6) is 0 Å². The predicted molar refractivity (Wildman–Crippen MR) is 93.5 cm³/mol. The molecule has 0 spiro atoms. The Hall–Kier alpha value is -1.69. The molecule has 2 aromatic rings. The second-order valence-corrected chi connectivity index (χ2v) is 7.47. The van der Waals surface area contributed by atoms with Gasteiger partial charge in [-0.1, -0.05) is 72.8 Å². The van der Waals surface area contributed by atoms with E-state index in [4.69, 9.17) is 5.73 Å². The zero-order chi connectivity index (χ0) is 14.7. The van der Waals surface area contributed by atoms with E-state index in [-0.39, 0.29) is 6.04 Å². The van der Waals surface area contributed by atoms with Crippen LogP contribution in [-0.2, 0) is 0 Å². The van der Waals surface area contributed by atoms with Crippen LogP contribution in [0.1, 0.15) is 13.3 Å². The van der Waals surface area contributed by atoms with Crippen LogP contribution in [0.4, 0.5) is 0 Å². The van der Waals surface area contributed by atoms with Crippen molar-refractivity contribution in [3.8, 4) is 0 Å². The van der Waals surface area contributed by atoms with Crippen LogP contribution in [-0.4, -0.2) is 6.04 Å². The van der Waals surface area contributed by atoms with Gasteiger partial charge >= 0.3 is 0 Å². The Labute approximate surface area is 127 Å². The highest BCUT2D eigenvalue weighted by Crippen LogP contribution is 2.49. The minimum absolute atomic E-state index is 0.0937. The molecule has 0 radical (unpaired) electrons. The third-order valence-electron chi connectivity index (χ3n) is 3.70. The van der Waals surface area contributed by atoms with E-state index in [1.165, 1.54) is 21.5 Å². The molecule has 1 aliphatic carbocycles. The summed E-state index contributed by atoms with van der Waals surface area (Å²) in [5.41, 5.74) is 7.50. The summed E-state index contributed by atoms with van der Waals surface area (Å²) < 4.78 is 0. The Balaban J connectivity index is 2.08. The van der Waals surface area contributed by atoms with E-state index in [0.717, 1.165) is 6.42 Å². The highest BCUT2D eigenvalue weighted by Gasteiger charge is 2.24. The van der Waals surface area contributed by atoms with E-state index >= 15 is 0 Å². The lowest BCUT2D eigenvalue weighted by Gasteiger charge is -2.24. The maximum absolute atomic E-state index is 6.18. The van der Waals surface area contributed by atoms with Crippen LogP contribution in [0.3, 0.4) is 0 Å². The van der Waals surface area contributed by atoms with Crippen LogP contribution in [0.25, 0.3) is 0 Å². The first-order chi connectivity index (χ1) is 10.3. The maximum Gasteiger partial charge on any atom is 0.0269 e. The molecule has 0 heterocycles. The van der Waals surface area contributed by atoms with Gasteiger partial charge in [0.2, 0.25) is 0 Å². The zero-order valence-corrected chi connectivity index (χ0v) is 13.1. The fourth-order valence-electron chi connectivity index (χ4n) is 2.74. The molecular formula is C19H20NP. The second kappa shape index (κ2) is 6.39. The fourth-order valence-corrected chi connectivity index (χ4v) is 5.38. The summed E-state index contributed by atoms with van der Waals surface area (Å²) >= 11 is 0. The standard InChI is InChI=1S/C19H20NP/c1-15(20)18-13-8-14-19(18)21(16-9-4-2-5-10-16)17-11-6-3-7-12-17/h2-7,9-15H,8,20H2,1H3/t15-/m1/s1. The molecule has 0 amide bonds. The Bertz CT molecular complexity index is 617. The van der Waals surface area contributed by atoms with Crippen molar-refractivity contribution < 1.29 is 0 Å². The van der Waals surface area contributed by atoms with Crippen LogP contribution < -0.4 is 16.3 Å². The van der Waals surface area contributed by atoms with Crippen LogP contribution in [0.2, 0.25) is 0 Å². The minimum atomic E-state index is -0.511. The van der Waals surface area contributed by atoms with E-state index in [1.54, 1.807) is 0 Å². The highest BCUT2D eigenvalue weighted by molar-refractivity contribution is 7.77. The Morgan fingerprint density at radius 2 is 1.38 bits per heavy atom. The molecule has 1 aliphatic rings. The number of nitrogens with two attached hydrogens (primary N) is 1. The molecular weight excluding hydrogens is 273 g/mol. The average Bonchev–Trinajstić information content (AvgIpc) is 2.99. The maximum atomic E-state index is 6.18. The molecule has 2 heteroatoms. The van der Waals surface area contributed by atoms with Gasteiger partial charge in [0.1, 0.15) is 0 Å². The average molecular weight is 293 g/mol. The van der Waals surface area contributed by atoms with Gasteiger partial charge in [0.15, 0.2) is 0 Å². The molecule has 1 atom stereocenters. The topological polar surface area (TPSA) is 26.0 Å². The first-order valence-electron chi connectivity index (χ1n) is 7.34.